The minimum absolute atomic E-state index is 0.109. The standard InChI is InChI=1S/C13H13N3O4/c1-7-10(13(18)19)5-8(20-7)6-16-12-9(11(14)17)3-2-4-15-12/h2-5H,6H2,1H3,(H2,14,17)(H,15,16)(H,18,19). The van der Waals surface area contributed by atoms with Crippen LogP contribution in [0.3, 0.4) is 0 Å². The number of pyridine rings is 1. The number of carboxylic acids is 1. The van der Waals surface area contributed by atoms with E-state index in [9.17, 15) is 9.59 Å². The molecule has 0 saturated heterocycles. The summed E-state index contributed by atoms with van der Waals surface area (Å²) >= 11 is 0. The number of carbonyl (C=O) groups is 2. The molecule has 0 unspecified atom stereocenters. The van der Waals surface area contributed by atoms with E-state index in [0.717, 1.165) is 0 Å². The minimum atomic E-state index is -1.05. The summed E-state index contributed by atoms with van der Waals surface area (Å²) in [6.07, 6.45) is 1.52. The fourth-order valence-electron chi connectivity index (χ4n) is 1.76. The number of aromatic carboxylic acids is 1. The molecule has 0 aliphatic rings. The van der Waals surface area contributed by atoms with E-state index in [1.54, 1.807) is 19.1 Å². The van der Waals surface area contributed by atoms with Crippen LogP contribution in [0.2, 0.25) is 0 Å². The van der Waals surface area contributed by atoms with Gasteiger partial charge < -0.3 is 20.6 Å². The van der Waals surface area contributed by atoms with Crippen LogP contribution >= 0.6 is 0 Å². The predicted molar refractivity (Wildman–Crippen MR) is 70.5 cm³/mol. The second-order valence-corrected chi connectivity index (χ2v) is 4.11. The van der Waals surface area contributed by atoms with Crippen LogP contribution in [0.4, 0.5) is 5.82 Å². The lowest BCUT2D eigenvalue weighted by Crippen LogP contribution is -2.15. The molecule has 1 amide bonds. The third kappa shape index (κ3) is 2.77. The number of carbonyl (C=O) groups excluding carboxylic acids is 1. The Kier molecular flexibility index (Phi) is 3.69. The van der Waals surface area contributed by atoms with Gasteiger partial charge in [0.1, 0.15) is 22.9 Å². The number of aromatic nitrogens is 1. The predicted octanol–water partition coefficient (Wildman–Crippen LogP) is 1.39. The molecule has 7 nitrogen and oxygen atoms in total. The summed E-state index contributed by atoms with van der Waals surface area (Å²) in [6.45, 7) is 1.77. The number of rotatable bonds is 5. The van der Waals surface area contributed by atoms with Crippen molar-refractivity contribution in [3.05, 3.63) is 47.0 Å². The summed E-state index contributed by atoms with van der Waals surface area (Å²) in [5.41, 5.74) is 5.60. The molecular weight excluding hydrogens is 262 g/mol. The zero-order chi connectivity index (χ0) is 14.7. The Hall–Kier alpha value is -2.83. The number of furan rings is 1. The van der Waals surface area contributed by atoms with E-state index in [4.69, 9.17) is 15.3 Å². The van der Waals surface area contributed by atoms with Gasteiger partial charge >= 0.3 is 5.97 Å². The molecule has 104 valence electrons. The highest BCUT2D eigenvalue weighted by molar-refractivity contribution is 5.97. The van der Waals surface area contributed by atoms with E-state index in [1.165, 1.54) is 12.3 Å². The number of nitrogens with two attached hydrogens (primary N) is 1. The molecule has 2 aromatic rings. The summed E-state index contributed by atoms with van der Waals surface area (Å²) in [6, 6.07) is 4.58. The van der Waals surface area contributed by atoms with Crippen LogP contribution in [-0.2, 0) is 6.54 Å². The number of carboxylic acid groups (broad SMARTS) is 1. The van der Waals surface area contributed by atoms with Crippen LogP contribution in [-0.4, -0.2) is 22.0 Å². The molecule has 2 rings (SSSR count). The van der Waals surface area contributed by atoms with Gasteiger partial charge in [0.05, 0.1) is 12.1 Å². The zero-order valence-corrected chi connectivity index (χ0v) is 10.7. The van der Waals surface area contributed by atoms with Gasteiger partial charge in [-0.25, -0.2) is 9.78 Å². The Labute approximate surface area is 114 Å². The van der Waals surface area contributed by atoms with Crippen molar-refractivity contribution < 1.29 is 19.1 Å². The van der Waals surface area contributed by atoms with Gasteiger partial charge in [0.15, 0.2) is 0 Å². The summed E-state index contributed by atoms with van der Waals surface area (Å²) in [5.74, 6) is -0.562. The van der Waals surface area contributed by atoms with Crippen LogP contribution in [0, 0.1) is 6.92 Å². The van der Waals surface area contributed by atoms with Crippen LogP contribution in [0.25, 0.3) is 0 Å². The van der Waals surface area contributed by atoms with Crippen molar-refractivity contribution in [1.82, 2.24) is 4.98 Å². The molecule has 2 heterocycles. The van der Waals surface area contributed by atoms with Gasteiger partial charge in [0, 0.05) is 6.20 Å². The van der Waals surface area contributed by atoms with E-state index >= 15 is 0 Å². The van der Waals surface area contributed by atoms with Crippen molar-refractivity contribution in [2.75, 3.05) is 5.32 Å². The summed E-state index contributed by atoms with van der Waals surface area (Å²) < 4.78 is 5.31. The number of anilines is 1. The molecule has 20 heavy (non-hydrogen) atoms. The van der Waals surface area contributed by atoms with E-state index in [1.807, 2.05) is 0 Å². The Morgan fingerprint density at radius 3 is 2.80 bits per heavy atom. The molecule has 0 bridgehead atoms. The second-order valence-electron chi connectivity index (χ2n) is 4.11. The largest absolute Gasteiger partial charge is 0.478 e. The average Bonchev–Trinajstić information content (AvgIpc) is 2.78. The van der Waals surface area contributed by atoms with Gasteiger partial charge in [-0.2, -0.15) is 0 Å². The number of nitrogens with zero attached hydrogens (tertiary/aromatic N) is 1. The number of nitrogens with one attached hydrogen (secondary N) is 1. The minimum Gasteiger partial charge on any atom is -0.478 e. The highest BCUT2D eigenvalue weighted by Crippen LogP contribution is 2.17. The van der Waals surface area contributed by atoms with Crippen molar-refractivity contribution in [1.29, 1.82) is 0 Å². The van der Waals surface area contributed by atoms with Crippen LogP contribution in [0.1, 0.15) is 32.2 Å². The van der Waals surface area contributed by atoms with Crippen molar-refractivity contribution in [2.24, 2.45) is 5.73 Å². The van der Waals surface area contributed by atoms with E-state index in [2.05, 4.69) is 10.3 Å². The molecule has 0 saturated carbocycles. The van der Waals surface area contributed by atoms with Gasteiger partial charge in [0.2, 0.25) is 0 Å². The lowest BCUT2D eigenvalue weighted by molar-refractivity contribution is 0.0694. The lowest BCUT2D eigenvalue weighted by Gasteiger charge is -2.06. The monoisotopic (exact) mass is 275 g/mol. The highest BCUT2D eigenvalue weighted by Gasteiger charge is 2.14. The van der Waals surface area contributed by atoms with Gasteiger partial charge in [-0.1, -0.05) is 0 Å². The maximum atomic E-state index is 11.2. The zero-order valence-electron chi connectivity index (χ0n) is 10.7. The lowest BCUT2D eigenvalue weighted by atomic mass is 10.2. The number of hydrogen-bond acceptors (Lipinski definition) is 5. The van der Waals surface area contributed by atoms with E-state index in [0.29, 0.717) is 17.3 Å². The smallest absolute Gasteiger partial charge is 0.339 e. The first kappa shape index (κ1) is 13.6. The summed E-state index contributed by atoms with van der Waals surface area (Å²) in [7, 11) is 0. The van der Waals surface area contributed by atoms with Gasteiger partial charge in [-0.05, 0) is 25.1 Å². The number of amides is 1. The van der Waals surface area contributed by atoms with Crippen molar-refractivity contribution >= 4 is 17.7 Å². The van der Waals surface area contributed by atoms with E-state index in [-0.39, 0.29) is 17.7 Å². The van der Waals surface area contributed by atoms with Crippen molar-refractivity contribution in [3.63, 3.8) is 0 Å². The maximum absolute atomic E-state index is 11.2. The molecule has 0 aliphatic carbocycles. The van der Waals surface area contributed by atoms with Gasteiger partial charge in [-0.3, -0.25) is 4.79 Å². The third-order valence-corrected chi connectivity index (χ3v) is 2.70. The molecule has 0 radical (unpaired) electrons. The molecule has 0 atom stereocenters. The third-order valence-electron chi connectivity index (χ3n) is 2.70. The van der Waals surface area contributed by atoms with E-state index < -0.39 is 11.9 Å². The quantitative estimate of drug-likeness (QED) is 0.758. The topological polar surface area (TPSA) is 118 Å². The number of primary amides is 1. The Bertz CT molecular complexity index is 663. The molecule has 0 aliphatic heterocycles. The summed E-state index contributed by atoms with van der Waals surface area (Å²) in [4.78, 5) is 26.1. The molecule has 7 heteroatoms. The first-order chi connectivity index (χ1) is 9.49. The molecular formula is C13H13N3O4. The first-order valence-corrected chi connectivity index (χ1v) is 5.80. The highest BCUT2D eigenvalue weighted by atomic mass is 16.4. The van der Waals surface area contributed by atoms with Crippen molar-refractivity contribution in [2.45, 2.75) is 13.5 Å². The number of hydrogen-bond donors (Lipinski definition) is 3. The fourth-order valence-corrected chi connectivity index (χ4v) is 1.76. The fraction of sp³-hybridized carbons (Fsp3) is 0.154. The molecule has 4 N–H and O–H groups in total. The first-order valence-electron chi connectivity index (χ1n) is 5.80. The number of aryl methyl sites for hydroxylation is 1. The molecule has 0 aromatic carbocycles. The Balaban J connectivity index is 2.15. The summed E-state index contributed by atoms with van der Waals surface area (Å²) in [5, 5.41) is 11.8. The SMILES string of the molecule is Cc1oc(CNc2ncccc2C(N)=O)cc1C(=O)O. The maximum Gasteiger partial charge on any atom is 0.339 e. The second kappa shape index (κ2) is 5.43. The van der Waals surface area contributed by atoms with Gasteiger partial charge in [-0.15, -0.1) is 0 Å². The Morgan fingerprint density at radius 2 is 2.20 bits per heavy atom. The Morgan fingerprint density at radius 1 is 1.45 bits per heavy atom. The normalized spacial score (nSPS) is 10.2. The van der Waals surface area contributed by atoms with Crippen LogP contribution in [0.15, 0.2) is 28.8 Å². The average molecular weight is 275 g/mol. The molecule has 0 spiro atoms. The molecule has 0 fully saturated rings. The van der Waals surface area contributed by atoms with Crippen LogP contribution in [0.5, 0.6) is 0 Å². The van der Waals surface area contributed by atoms with Gasteiger partial charge in [0.25, 0.3) is 5.91 Å². The molecule has 2 aromatic heterocycles. The van der Waals surface area contributed by atoms with Crippen LogP contribution < -0.4 is 11.1 Å². The van der Waals surface area contributed by atoms with Crippen molar-refractivity contribution in [3.8, 4) is 0 Å².